The summed E-state index contributed by atoms with van der Waals surface area (Å²) in [6, 6.07) is 0. The Labute approximate surface area is 250 Å². The fourth-order valence-electron chi connectivity index (χ4n) is 7.82. The van der Waals surface area contributed by atoms with E-state index in [1.807, 2.05) is 20.8 Å². The smallest absolute Gasteiger partial charge is 0.312 e. The van der Waals surface area contributed by atoms with Gasteiger partial charge in [-0.15, -0.1) is 11.6 Å². The van der Waals surface area contributed by atoms with E-state index in [0.29, 0.717) is 12.0 Å². The Balaban J connectivity index is 1.66. The van der Waals surface area contributed by atoms with Crippen molar-refractivity contribution in [1.82, 2.24) is 0 Å². The van der Waals surface area contributed by atoms with Crippen LogP contribution in [0.2, 0.25) is 0 Å². The second-order valence-corrected chi connectivity index (χ2v) is 13.2. The first-order valence-electron chi connectivity index (χ1n) is 14.8. The number of carbonyl (C=O) groups excluding carboxylic acids is 4. The van der Waals surface area contributed by atoms with Crippen LogP contribution in [0.3, 0.4) is 0 Å². The standard InChI is InChI=1S/C30H41ClO11/c1-8-9-10-11-17(34)39-20-12(2)18-24(37-15(5)32)30(36)14(4)28(35)42-25(30)19(31)13(3)21-22(40-21)26(38-16(6)33)29(18,7)27-23(20)41-27/h12,14,18-27,36H,3,8-11H2,1-2,4-7H3/t12-,14+,18-,19+,20?,21-,22-,23+,24-,25+,26-,27+,29+,30-/m1/s1. The van der Waals surface area contributed by atoms with E-state index >= 15 is 0 Å². The van der Waals surface area contributed by atoms with Gasteiger partial charge in [0.2, 0.25) is 0 Å². The lowest BCUT2D eigenvalue weighted by Gasteiger charge is -2.54. The third-order valence-corrected chi connectivity index (χ3v) is 10.6. The molecule has 11 nitrogen and oxygen atoms in total. The molecule has 0 aromatic carbocycles. The first-order chi connectivity index (χ1) is 19.7. The van der Waals surface area contributed by atoms with Crippen LogP contribution in [0.1, 0.15) is 67.2 Å². The van der Waals surface area contributed by atoms with Gasteiger partial charge in [-0.1, -0.05) is 40.2 Å². The maximum atomic E-state index is 13.1. The van der Waals surface area contributed by atoms with Crippen molar-refractivity contribution in [3.8, 4) is 0 Å². The molecule has 0 bridgehead atoms. The lowest BCUT2D eigenvalue weighted by atomic mass is 9.53. The van der Waals surface area contributed by atoms with Gasteiger partial charge in [0.25, 0.3) is 0 Å². The van der Waals surface area contributed by atoms with E-state index in [-0.39, 0.29) is 12.4 Å². The first kappa shape index (κ1) is 31.2. The summed E-state index contributed by atoms with van der Waals surface area (Å²) in [5.41, 5.74) is -2.92. The van der Waals surface area contributed by atoms with Gasteiger partial charge in [0, 0.05) is 37.5 Å². The highest BCUT2D eigenvalue weighted by atomic mass is 35.5. The second-order valence-electron chi connectivity index (χ2n) is 12.7. The first-order valence-corrected chi connectivity index (χ1v) is 15.2. The van der Waals surface area contributed by atoms with Crippen LogP contribution in [-0.2, 0) is 47.6 Å². The average Bonchev–Trinajstić information content (AvgIpc) is 3.84. The fraction of sp³-hybridized carbons (Fsp3) is 0.800. The molecule has 12 heteroatoms. The van der Waals surface area contributed by atoms with Crippen LogP contribution >= 0.6 is 11.6 Å². The number of halogens is 1. The van der Waals surface area contributed by atoms with Crippen LogP contribution in [0.15, 0.2) is 12.2 Å². The second kappa shape index (κ2) is 11.1. The minimum atomic E-state index is -2.13. The maximum absolute atomic E-state index is 13.1. The number of esters is 4. The molecule has 0 aromatic rings. The van der Waals surface area contributed by atoms with E-state index in [9.17, 15) is 24.3 Å². The molecule has 2 saturated carbocycles. The number of hydrogen-bond donors (Lipinski definition) is 1. The molecule has 3 heterocycles. The molecule has 1 N–H and O–H groups in total. The van der Waals surface area contributed by atoms with Crippen molar-refractivity contribution >= 4 is 35.5 Å². The SMILES string of the molecule is C=C1[C@H]2O[C@H]2[C@@H](OC(C)=O)[C@]2(C)[C@@H]([C@@H](OC(C)=O)[C@]3(O)[C@@H](C)C(=O)O[C@H]3[C@H]1Cl)[C@@H](C)C(OC(=O)CCCCC)[C@@H]1O[C@@H]12. The zero-order chi connectivity index (χ0) is 30.9. The van der Waals surface area contributed by atoms with Crippen LogP contribution in [0.5, 0.6) is 0 Å². The van der Waals surface area contributed by atoms with Gasteiger partial charge in [-0.2, -0.15) is 0 Å². The van der Waals surface area contributed by atoms with Gasteiger partial charge in [0.05, 0.1) is 17.4 Å². The molecule has 5 fully saturated rings. The normalized spacial score (nSPS) is 47.0. The Morgan fingerprint density at radius 1 is 1.00 bits per heavy atom. The summed E-state index contributed by atoms with van der Waals surface area (Å²) in [6.45, 7) is 13.8. The molecule has 2 aliphatic carbocycles. The summed E-state index contributed by atoms with van der Waals surface area (Å²) in [6.07, 6.45) is -4.16. The number of alkyl halides is 1. The average molecular weight is 613 g/mol. The molecule has 234 valence electrons. The number of hydrogen-bond acceptors (Lipinski definition) is 11. The molecule has 0 radical (unpaired) electrons. The molecular weight excluding hydrogens is 572 g/mol. The number of fused-ring (bicyclic) bond motifs is 5. The zero-order valence-electron chi connectivity index (χ0n) is 24.9. The fourth-order valence-corrected chi connectivity index (χ4v) is 8.19. The molecule has 14 atom stereocenters. The zero-order valence-corrected chi connectivity index (χ0v) is 25.6. The third-order valence-electron chi connectivity index (χ3n) is 10.1. The van der Waals surface area contributed by atoms with Crippen LogP contribution < -0.4 is 0 Å². The van der Waals surface area contributed by atoms with E-state index < -0.39 is 101 Å². The topological polar surface area (TPSA) is 150 Å². The van der Waals surface area contributed by atoms with Crippen molar-refractivity contribution in [2.24, 2.45) is 23.2 Å². The molecule has 1 unspecified atom stereocenters. The highest BCUT2D eigenvalue weighted by molar-refractivity contribution is 6.23. The van der Waals surface area contributed by atoms with E-state index in [0.717, 1.165) is 12.8 Å². The molecular formula is C30H41ClO11. The van der Waals surface area contributed by atoms with Gasteiger partial charge < -0.3 is 33.5 Å². The maximum Gasteiger partial charge on any atom is 0.312 e. The van der Waals surface area contributed by atoms with Crippen molar-refractivity contribution in [2.75, 3.05) is 0 Å². The van der Waals surface area contributed by atoms with Gasteiger partial charge in [-0.25, -0.2) is 0 Å². The molecule has 3 saturated heterocycles. The summed E-state index contributed by atoms with van der Waals surface area (Å²) in [5, 5.41) is 11.5. The van der Waals surface area contributed by atoms with Crippen molar-refractivity contribution < 1.29 is 52.7 Å². The van der Waals surface area contributed by atoms with Gasteiger partial charge in [0.15, 0.2) is 11.7 Å². The van der Waals surface area contributed by atoms with Crippen LogP contribution in [0.25, 0.3) is 0 Å². The van der Waals surface area contributed by atoms with E-state index in [4.69, 9.17) is 40.0 Å². The monoisotopic (exact) mass is 612 g/mol. The molecule has 0 amide bonds. The van der Waals surface area contributed by atoms with Crippen molar-refractivity contribution in [3.05, 3.63) is 12.2 Å². The Morgan fingerprint density at radius 3 is 2.26 bits per heavy atom. The number of ether oxygens (including phenoxy) is 6. The predicted octanol–water partition coefficient (Wildman–Crippen LogP) is 2.62. The van der Waals surface area contributed by atoms with Gasteiger partial charge in [-0.3, -0.25) is 19.2 Å². The number of unbranched alkanes of at least 4 members (excludes halogenated alkanes) is 2. The molecule has 0 spiro atoms. The number of epoxide rings is 2. The van der Waals surface area contributed by atoms with Gasteiger partial charge in [0.1, 0.15) is 36.6 Å². The summed E-state index contributed by atoms with van der Waals surface area (Å²) in [4.78, 5) is 51.2. The molecule has 0 aromatic heterocycles. The quantitative estimate of drug-likeness (QED) is 0.113. The predicted molar refractivity (Wildman–Crippen MR) is 146 cm³/mol. The molecule has 5 aliphatic rings. The van der Waals surface area contributed by atoms with Gasteiger partial charge >= 0.3 is 23.9 Å². The van der Waals surface area contributed by atoms with Crippen molar-refractivity contribution in [1.29, 1.82) is 0 Å². The largest absolute Gasteiger partial charge is 0.459 e. The van der Waals surface area contributed by atoms with E-state index in [1.165, 1.54) is 20.8 Å². The Hall–Kier alpha value is -2.21. The highest BCUT2D eigenvalue weighted by Crippen LogP contribution is 2.64. The summed E-state index contributed by atoms with van der Waals surface area (Å²) < 4.78 is 35.8. The third kappa shape index (κ3) is 4.84. The summed E-state index contributed by atoms with van der Waals surface area (Å²) in [7, 11) is 0. The minimum Gasteiger partial charge on any atom is -0.459 e. The van der Waals surface area contributed by atoms with Crippen LogP contribution in [-0.4, -0.2) is 88.8 Å². The van der Waals surface area contributed by atoms with Crippen LogP contribution in [0, 0.1) is 23.2 Å². The lowest BCUT2D eigenvalue weighted by molar-refractivity contribution is -0.227. The molecule has 5 rings (SSSR count). The molecule has 3 aliphatic heterocycles. The van der Waals surface area contributed by atoms with E-state index in [2.05, 4.69) is 6.58 Å². The number of carbonyl (C=O) groups is 4. The van der Waals surface area contributed by atoms with Crippen molar-refractivity contribution in [3.63, 3.8) is 0 Å². The summed E-state index contributed by atoms with van der Waals surface area (Å²) >= 11 is 6.85. The van der Waals surface area contributed by atoms with Crippen LogP contribution in [0.4, 0.5) is 0 Å². The highest BCUT2D eigenvalue weighted by Gasteiger charge is 2.78. The number of aliphatic hydroxyl groups is 1. The Kier molecular flexibility index (Phi) is 8.22. The summed E-state index contributed by atoms with van der Waals surface area (Å²) in [5.74, 6) is -5.01. The Bertz CT molecular complexity index is 1160. The Morgan fingerprint density at radius 2 is 1.64 bits per heavy atom. The lowest BCUT2D eigenvalue weighted by Crippen LogP contribution is -2.69. The minimum absolute atomic E-state index is 0.235. The van der Waals surface area contributed by atoms with Crippen molar-refractivity contribution in [2.45, 2.75) is 127 Å². The number of rotatable bonds is 7. The van der Waals surface area contributed by atoms with E-state index in [1.54, 1.807) is 0 Å². The van der Waals surface area contributed by atoms with Gasteiger partial charge in [-0.05, 0) is 18.9 Å². The molecule has 42 heavy (non-hydrogen) atoms.